The van der Waals surface area contributed by atoms with Crippen molar-refractivity contribution in [3.8, 4) is 5.75 Å². The number of halogens is 1. The zero-order valence-electron chi connectivity index (χ0n) is 24.2. The molecule has 0 aliphatic carbocycles. The number of carbonyl (C=O) groups excluding carboxylic acids is 3. The SMILES string of the molecule is CCOC(=O)N1CCN(C(=O)COc2ccc(Cl)cc2CNc2ncnc3c2ncn3[C@@H]2O[C@H](C(=O)NC)[C@@H](N)[C@H]2O)CC1. The summed E-state index contributed by atoms with van der Waals surface area (Å²) in [5.41, 5.74) is 7.45. The Hall–Kier alpha value is -4.25. The number of aromatic nitrogens is 4. The summed E-state index contributed by atoms with van der Waals surface area (Å²) in [6.45, 7) is 3.60. The van der Waals surface area contributed by atoms with E-state index in [2.05, 4.69) is 25.6 Å². The molecule has 3 aromatic rings. The molecule has 0 bridgehead atoms. The van der Waals surface area contributed by atoms with Gasteiger partial charge in [-0.05, 0) is 25.1 Å². The van der Waals surface area contributed by atoms with Crippen LogP contribution in [0.2, 0.25) is 5.02 Å². The zero-order valence-corrected chi connectivity index (χ0v) is 24.9. The molecule has 236 valence electrons. The lowest BCUT2D eigenvalue weighted by molar-refractivity contribution is -0.135. The average Bonchev–Trinajstić information content (AvgIpc) is 3.59. The number of nitrogens with zero attached hydrogens (tertiary/aromatic N) is 6. The Balaban J connectivity index is 1.24. The predicted molar refractivity (Wildman–Crippen MR) is 157 cm³/mol. The van der Waals surface area contributed by atoms with Crippen LogP contribution in [0, 0.1) is 0 Å². The van der Waals surface area contributed by atoms with Crippen LogP contribution in [0.25, 0.3) is 11.2 Å². The minimum absolute atomic E-state index is 0.195. The Bertz CT molecular complexity index is 1510. The van der Waals surface area contributed by atoms with Crippen LogP contribution in [0.3, 0.4) is 0 Å². The number of hydrogen-bond acceptors (Lipinski definition) is 12. The number of benzene rings is 1. The normalized spacial score (nSPS) is 21.8. The number of aliphatic hydroxyl groups is 1. The highest BCUT2D eigenvalue weighted by molar-refractivity contribution is 6.30. The van der Waals surface area contributed by atoms with Crippen molar-refractivity contribution in [3.63, 3.8) is 0 Å². The molecule has 0 unspecified atom stereocenters. The molecule has 0 spiro atoms. The summed E-state index contributed by atoms with van der Waals surface area (Å²) in [7, 11) is 1.46. The second-order valence-corrected chi connectivity index (χ2v) is 10.6. The third-order valence-corrected chi connectivity index (χ3v) is 7.67. The number of imidazole rings is 1. The summed E-state index contributed by atoms with van der Waals surface area (Å²) in [5.74, 6) is 0.182. The molecule has 16 nitrogen and oxygen atoms in total. The first-order valence-corrected chi connectivity index (χ1v) is 14.4. The Morgan fingerprint density at radius 1 is 1.16 bits per heavy atom. The van der Waals surface area contributed by atoms with E-state index >= 15 is 0 Å². The second-order valence-electron chi connectivity index (χ2n) is 10.1. The maximum Gasteiger partial charge on any atom is 0.409 e. The van der Waals surface area contributed by atoms with Crippen LogP contribution < -0.4 is 21.1 Å². The van der Waals surface area contributed by atoms with Crippen LogP contribution in [0.5, 0.6) is 5.75 Å². The molecule has 4 atom stereocenters. The van der Waals surface area contributed by atoms with Crippen molar-refractivity contribution in [3.05, 3.63) is 41.4 Å². The first kappa shape index (κ1) is 31.2. The summed E-state index contributed by atoms with van der Waals surface area (Å²) in [5, 5.41) is 16.9. The van der Waals surface area contributed by atoms with Crippen LogP contribution in [-0.4, -0.2) is 117 Å². The third kappa shape index (κ3) is 6.47. The van der Waals surface area contributed by atoms with Gasteiger partial charge in [0.2, 0.25) is 0 Å². The van der Waals surface area contributed by atoms with E-state index in [0.29, 0.717) is 66.1 Å². The topological polar surface area (TPSA) is 199 Å². The Kier molecular flexibility index (Phi) is 9.63. The lowest BCUT2D eigenvalue weighted by atomic mass is 10.1. The first-order chi connectivity index (χ1) is 21.2. The third-order valence-electron chi connectivity index (χ3n) is 7.44. The molecule has 1 aromatic carbocycles. The van der Waals surface area contributed by atoms with Gasteiger partial charge in [-0.1, -0.05) is 11.6 Å². The number of anilines is 1. The van der Waals surface area contributed by atoms with Crippen molar-refractivity contribution in [2.75, 3.05) is 51.8 Å². The summed E-state index contributed by atoms with van der Waals surface area (Å²) < 4.78 is 18.2. The molecule has 44 heavy (non-hydrogen) atoms. The monoisotopic (exact) mass is 631 g/mol. The first-order valence-electron chi connectivity index (χ1n) is 14.0. The molecule has 5 rings (SSSR count). The van der Waals surface area contributed by atoms with Gasteiger partial charge in [0.05, 0.1) is 19.0 Å². The van der Waals surface area contributed by atoms with Crippen molar-refractivity contribution >= 4 is 46.5 Å². The average molecular weight is 632 g/mol. The molecule has 17 heteroatoms. The van der Waals surface area contributed by atoms with E-state index in [1.165, 1.54) is 24.3 Å². The summed E-state index contributed by atoms with van der Waals surface area (Å²) in [6, 6.07) is 4.11. The molecule has 0 saturated carbocycles. The van der Waals surface area contributed by atoms with Gasteiger partial charge in [-0.3, -0.25) is 14.2 Å². The number of carbonyl (C=O) groups is 3. The minimum atomic E-state index is -1.18. The van der Waals surface area contributed by atoms with Crippen molar-refractivity contribution in [2.45, 2.75) is 37.9 Å². The van der Waals surface area contributed by atoms with E-state index in [1.54, 1.807) is 34.9 Å². The highest BCUT2D eigenvalue weighted by atomic mass is 35.5. The van der Waals surface area contributed by atoms with Gasteiger partial charge in [0, 0.05) is 50.4 Å². The molecule has 5 N–H and O–H groups in total. The lowest BCUT2D eigenvalue weighted by Gasteiger charge is -2.34. The van der Waals surface area contributed by atoms with Crippen LogP contribution >= 0.6 is 11.6 Å². The zero-order chi connectivity index (χ0) is 31.4. The number of hydrogen-bond donors (Lipinski definition) is 4. The van der Waals surface area contributed by atoms with Crippen LogP contribution in [-0.2, 0) is 25.6 Å². The van der Waals surface area contributed by atoms with Gasteiger partial charge in [0.15, 0.2) is 35.9 Å². The van der Waals surface area contributed by atoms with Gasteiger partial charge in [0.1, 0.15) is 18.2 Å². The maximum absolute atomic E-state index is 12.8. The number of likely N-dealkylation sites (N-methyl/N-ethyl adjacent to an activating group) is 1. The molecule has 3 amide bonds. The minimum Gasteiger partial charge on any atom is -0.483 e. The molecule has 2 aromatic heterocycles. The molecule has 2 aliphatic heterocycles. The fourth-order valence-corrected chi connectivity index (χ4v) is 5.25. The van der Waals surface area contributed by atoms with Crippen LogP contribution in [0.1, 0.15) is 18.7 Å². The standard InChI is InChI=1S/C27H34ClN9O7/c1-3-42-27(41)36-8-6-35(7-9-36)18(38)12-43-17-5-4-16(28)10-15(17)11-31-23-20-24(33-13-32-23)37(14-34-20)26-21(39)19(29)22(44-26)25(40)30-2/h4-5,10,13-14,19,21-22,26,39H,3,6-9,11-12,29H2,1-2H3,(H,30,40)(H,31,32,33)/t19-,21+,22-,26+/m0/s1. The van der Waals surface area contributed by atoms with Gasteiger partial charge in [0.25, 0.3) is 11.8 Å². The molecular formula is C27H34ClN9O7. The summed E-state index contributed by atoms with van der Waals surface area (Å²) in [6.07, 6.45) is -0.834. The number of ether oxygens (including phenoxy) is 3. The molecule has 2 saturated heterocycles. The predicted octanol–water partition coefficient (Wildman–Crippen LogP) is 0.103. The quantitative estimate of drug-likeness (QED) is 0.249. The molecule has 2 aliphatic rings. The number of rotatable bonds is 9. The van der Waals surface area contributed by atoms with Crippen molar-refractivity contribution < 1.29 is 33.7 Å². The lowest BCUT2D eigenvalue weighted by Crippen LogP contribution is -2.51. The van der Waals surface area contributed by atoms with Gasteiger partial charge >= 0.3 is 6.09 Å². The van der Waals surface area contributed by atoms with E-state index < -0.39 is 30.4 Å². The van der Waals surface area contributed by atoms with Gasteiger partial charge < -0.3 is 45.5 Å². The molecule has 4 heterocycles. The van der Waals surface area contributed by atoms with Crippen molar-refractivity contribution in [1.82, 2.24) is 34.6 Å². The van der Waals surface area contributed by atoms with E-state index in [4.69, 9.17) is 31.5 Å². The maximum atomic E-state index is 12.8. The Morgan fingerprint density at radius 3 is 2.64 bits per heavy atom. The summed E-state index contributed by atoms with van der Waals surface area (Å²) in [4.78, 5) is 53.2. The van der Waals surface area contributed by atoms with E-state index in [0.717, 1.165) is 0 Å². The van der Waals surface area contributed by atoms with Crippen molar-refractivity contribution in [1.29, 1.82) is 0 Å². The molecule has 2 fully saturated rings. The number of nitrogens with one attached hydrogen (secondary N) is 2. The Morgan fingerprint density at radius 2 is 1.91 bits per heavy atom. The number of amides is 3. The largest absolute Gasteiger partial charge is 0.483 e. The fraction of sp³-hybridized carbons (Fsp3) is 0.481. The number of piperazine rings is 1. The van der Waals surface area contributed by atoms with Gasteiger partial charge in [-0.15, -0.1) is 0 Å². The molecular weight excluding hydrogens is 598 g/mol. The smallest absolute Gasteiger partial charge is 0.409 e. The highest BCUT2D eigenvalue weighted by Crippen LogP contribution is 2.32. The second kappa shape index (κ2) is 13.6. The Labute approximate surface area is 257 Å². The van der Waals surface area contributed by atoms with E-state index in [9.17, 15) is 19.5 Å². The number of nitrogens with two attached hydrogens (primary N) is 1. The van der Waals surface area contributed by atoms with E-state index in [1.807, 2.05) is 0 Å². The molecule has 0 radical (unpaired) electrons. The number of aliphatic hydroxyl groups excluding tert-OH is 1. The van der Waals surface area contributed by atoms with Crippen LogP contribution in [0.15, 0.2) is 30.9 Å². The van der Waals surface area contributed by atoms with Gasteiger partial charge in [-0.2, -0.15) is 0 Å². The van der Waals surface area contributed by atoms with Crippen LogP contribution in [0.4, 0.5) is 10.6 Å². The fourth-order valence-electron chi connectivity index (χ4n) is 5.06. The highest BCUT2D eigenvalue weighted by Gasteiger charge is 2.46. The summed E-state index contributed by atoms with van der Waals surface area (Å²) >= 11 is 6.27. The number of fused-ring (bicyclic) bond motifs is 1. The van der Waals surface area contributed by atoms with Gasteiger partial charge in [-0.25, -0.2) is 19.7 Å². The van der Waals surface area contributed by atoms with Crippen molar-refractivity contribution in [2.24, 2.45) is 5.73 Å². The van der Waals surface area contributed by atoms with E-state index in [-0.39, 0.29) is 25.2 Å².